The second-order valence-electron chi connectivity index (χ2n) is 8.42. The van der Waals surface area contributed by atoms with Gasteiger partial charge >= 0.3 is 6.09 Å². The van der Waals surface area contributed by atoms with Crippen molar-refractivity contribution in [3.63, 3.8) is 0 Å². The molecule has 2 aliphatic rings. The Kier molecular flexibility index (Phi) is 5.74. The molecule has 0 bridgehead atoms. The van der Waals surface area contributed by atoms with Crippen molar-refractivity contribution < 1.29 is 23.9 Å². The largest absolute Gasteiger partial charge is 0.420 e. The smallest absolute Gasteiger partial charge is 0.410 e. The zero-order chi connectivity index (χ0) is 24.5. The van der Waals surface area contributed by atoms with Crippen LogP contribution in [0.15, 0.2) is 66.9 Å². The summed E-state index contributed by atoms with van der Waals surface area (Å²) in [6, 6.07) is 17.5. The number of rotatable bonds is 4. The van der Waals surface area contributed by atoms with Gasteiger partial charge in [0.25, 0.3) is 5.91 Å². The highest BCUT2D eigenvalue weighted by atomic mass is 16.6. The lowest BCUT2D eigenvalue weighted by Crippen LogP contribution is -2.52. The minimum Gasteiger partial charge on any atom is -0.410 e. The average Bonchev–Trinajstić information content (AvgIpc) is 3.19. The third-order valence-electron chi connectivity index (χ3n) is 6.18. The molecule has 3 aromatic rings. The molecular weight excluding hydrogens is 448 g/mol. The van der Waals surface area contributed by atoms with Crippen molar-refractivity contribution in [2.75, 3.05) is 11.9 Å². The number of pyridine rings is 1. The summed E-state index contributed by atoms with van der Waals surface area (Å²) in [6.45, 7) is 0.256. The molecule has 1 fully saturated rings. The van der Waals surface area contributed by atoms with E-state index in [1.165, 1.54) is 15.9 Å². The van der Waals surface area contributed by atoms with E-state index in [1.54, 1.807) is 31.4 Å². The molecule has 5 rings (SSSR count). The number of ether oxygens (including phenoxy) is 1. The van der Waals surface area contributed by atoms with Crippen LogP contribution in [0.1, 0.15) is 28.8 Å². The Bertz CT molecular complexity index is 1320. The van der Waals surface area contributed by atoms with Gasteiger partial charge in [-0.25, -0.2) is 9.78 Å². The second-order valence-corrected chi connectivity index (χ2v) is 8.42. The van der Waals surface area contributed by atoms with Gasteiger partial charge in [0.05, 0.1) is 0 Å². The molecule has 1 N–H and O–H groups in total. The molecule has 0 aliphatic carbocycles. The molecule has 2 aromatic carbocycles. The number of piperidine rings is 1. The molecule has 4 amide bonds. The quantitative estimate of drug-likeness (QED) is 0.587. The first-order valence-corrected chi connectivity index (χ1v) is 11.2. The summed E-state index contributed by atoms with van der Waals surface area (Å²) >= 11 is 0. The maximum absolute atomic E-state index is 13.0. The topological polar surface area (TPSA) is 109 Å². The summed E-state index contributed by atoms with van der Waals surface area (Å²) in [7, 11) is 1.55. The van der Waals surface area contributed by atoms with Crippen molar-refractivity contribution in [1.82, 2.24) is 15.2 Å². The molecule has 0 saturated carbocycles. The maximum atomic E-state index is 13.0. The number of benzene rings is 2. The summed E-state index contributed by atoms with van der Waals surface area (Å²) in [4.78, 5) is 56.4. The number of fused-ring (bicyclic) bond motifs is 1. The van der Waals surface area contributed by atoms with Gasteiger partial charge in [0.1, 0.15) is 17.6 Å². The van der Waals surface area contributed by atoms with Crippen LogP contribution in [-0.4, -0.2) is 46.8 Å². The third kappa shape index (κ3) is 4.35. The fraction of sp³-hybridized carbons (Fsp3) is 0.192. The SMILES string of the molecule is CN(C(=O)Oc1ccc2c(c1)C(=O)N(C1CCC(=O)NC1=O)C2)c1ccc(-c2ccccc2)cn1. The van der Waals surface area contributed by atoms with E-state index in [4.69, 9.17) is 4.74 Å². The summed E-state index contributed by atoms with van der Waals surface area (Å²) < 4.78 is 5.49. The second kappa shape index (κ2) is 9.02. The van der Waals surface area contributed by atoms with Gasteiger partial charge in [0.15, 0.2) is 0 Å². The van der Waals surface area contributed by atoms with Gasteiger partial charge in [-0.15, -0.1) is 0 Å². The van der Waals surface area contributed by atoms with E-state index in [-0.39, 0.29) is 37.0 Å². The predicted octanol–water partition coefficient (Wildman–Crippen LogP) is 3.14. The van der Waals surface area contributed by atoms with Crippen LogP contribution in [-0.2, 0) is 16.1 Å². The standard InChI is InChI=1S/C26H22N4O5/c1-29(22-11-8-17(14-27-22)16-5-3-2-4-6-16)26(34)35-19-9-7-18-15-30(25(33)20(18)13-19)21-10-12-23(31)28-24(21)32/h2-9,11,13-14,21H,10,12,15H2,1H3,(H,28,31,32). The summed E-state index contributed by atoms with van der Waals surface area (Å²) in [5.74, 6) is -0.519. The average molecular weight is 470 g/mol. The number of anilines is 1. The van der Waals surface area contributed by atoms with Crippen LogP contribution in [0.25, 0.3) is 11.1 Å². The highest BCUT2D eigenvalue weighted by Crippen LogP contribution is 2.30. The number of hydrogen-bond acceptors (Lipinski definition) is 6. The molecule has 3 heterocycles. The first-order chi connectivity index (χ1) is 16.9. The first-order valence-electron chi connectivity index (χ1n) is 11.2. The molecule has 9 nitrogen and oxygen atoms in total. The van der Waals surface area contributed by atoms with Crippen LogP contribution in [0.5, 0.6) is 5.75 Å². The van der Waals surface area contributed by atoms with Crippen molar-refractivity contribution in [3.05, 3.63) is 78.0 Å². The molecule has 0 spiro atoms. The van der Waals surface area contributed by atoms with E-state index in [9.17, 15) is 19.2 Å². The number of hydrogen-bond donors (Lipinski definition) is 1. The summed E-state index contributed by atoms with van der Waals surface area (Å²) in [5.41, 5.74) is 3.04. The van der Waals surface area contributed by atoms with Crippen LogP contribution < -0.4 is 15.0 Å². The molecule has 1 unspecified atom stereocenters. The lowest BCUT2D eigenvalue weighted by Gasteiger charge is -2.29. The number of aromatic nitrogens is 1. The predicted molar refractivity (Wildman–Crippen MR) is 127 cm³/mol. The maximum Gasteiger partial charge on any atom is 0.420 e. The van der Waals surface area contributed by atoms with Crippen molar-refractivity contribution >= 4 is 29.6 Å². The van der Waals surface area contributed by atoms with E-state index in [0.717, 1.165) is 16.7 Å². The minimum absolute atomic E-state index is 0.187. The van der Waals surface area contributed by atoms with Gasteiger partial charge in [-0.1, -0.05) is 36.4 Å². The zero-order valence-corrected chi connectivity index (χ0v) is 18.9. The lowest BCUT2D eigenvalue weighted by molar-refractivity contribution is -0.136. The molecule has 0 radical (unpaired) electrons. The number of carbonyl (C=O) groups excluding carboxylic acids is 4. The van der Waals surface area contributed by atoms with Gasteiger partial charge in [-0.2, -0.15) is 0 Å². The molecule has 1 saturated heterocycles. The number of amides is 4. The Hall–Kier alpha value is -4.53. The van der Waals surface area contributed by atoms with Gasteiger partial charge < -0.3 is 9.64 Å². The van der Waals surface area contributed by atoms with Gasteiger partial charge in [-0.3, -0.25) is 24.6 Å². The summed E-state index contributed by atoms with van der Waals surface area (Å²) in [6.07, 6.45) is 1.50. The molecule has 1 aromatic heterocycles. The Balaban J connectivity index is 1.27. The Morgan fingerprint density at radius 2 is 1.86 bits per heavy atom. The van der Waals surface area contributed by atoms with Crippen LogP contribution in [0.2, 0.25) is 0 Å². The highest BCUT2D eigenvalue weighted by molar-refractivity contribution is 6.05. The number of imide groups is 1. The van der Waals surface area contributed by atoms with Crippen molar-refractivity contribution in [2.24, 2.45) is 0 Å². The van der Waals surface area contributed by atoms with Crippen LogP contribution >= 0.6 is 0 Å². The van der Waals surface area contributed by atoms with E-state index < -0.39 is 18.0 Å². The van der Waals surface area contributed by atoms with E-state index in [2.05, 4.69) is 10.3 Å². The van der Waals surface area contributed by atoms with Gasteiger partial charge in [0, 0.05) is 37.3 Å². The lowest BCUT2D eigenvalue weighted by atomic mass is 10.0. The Morgan fingerprint density at radius 3 is 2.57 bits per heavy atom. The molecule has 9 heteroatoms. The summed E-state index contributed by atoms with van der Waals surface area (Å²) in [5, 5.41) is 2.28. The number of nitrogens with zero attached hydrogens (tertiary/aromatic N) is 3. The Labute approximate surface area is 201 Å². The molecule has 1 atom stereocenters. The minimum atomic E-state index is -0.699. The number of nitrogens with one attached hydrogen (secondary N) is 1. The molecule has 35 heavy (non-hydrogen) atoms. The van der Waals surface area contributed by atoms with E-state index >= 15 is 0 Å². The molecular formula is C26H22N4O5. The van der Waals surface area contributed by atoms with Crippen LogP contribution in [0.4, 0.5) is 10.6 Å². The normalized spacial score (nSPS) is 17.1. The molecule has 176 valence electrons. The number of carbonyl (C=O) groups is 4. The van der Waals surface area contributed by atoms with Crippen LogP contribution in [0.3, 0.4) is 0 Å². The van der Waals surface area contributed by atoms with Crippen molar-refractivity contribution in [3.8, 4) is 16.9 Å². The Morgan fingerprint density at radius 1 is 1.06 bits per heavy atom. The van der Waals surface area contributed by atoms with Crippen molar-refractivity contribution in [2.45, 2.75) is 25.4 Å². The van der Waals surface area contributed by atoms with Crippen molar-refractivity contribution in [1.29, 1.82) is 0 Å². The van der Waals surface area contributed by atoms with Gasteiger partial charge in [0.2, 0.25) is 11.8 Å². The first kappa shape index (κ1) is 22.3. The van der Waals surface area contributed by atoms with E-state index in [1.807, 2.05) is 36.4 Å². The van der Waals surface area contributed by atoms with Crippen LogP contribution in [0, 0.1) is 0 Å². The van der Waals surface area contributed by atoms with E-state index in [0.29, 0.717) is 11.4 Å². The highest BCUT2D eigenvalue weighted by Gasteiger charge is 2.39. The fourth-order valence-corrected chi connectivity index (χ4v) is 4.25. The third-order valence-corrected chi connectivity index (χ3v) is 6.18. The zero-order valence-electron chi connectivity index (χ0n) is 18.9. The molecule has 2 aliphatic heterocycles. The monoisotopic (exact) mass is 470 g/mol. The fourth-order valence-electron chi connectivity index (χ4n) is 4.25. The van der Waals surface area contributed by atoms with Gasteiger partial charge in [-0.05, 0) is 41.8 Å².